The van der Waals surface area contributed by atoms with Crippen LogP contribution in [0.5, 0.6) is 5.75 Å². The van der Waals surface area contributed by atoms with Crippen molar-refractivity contribution in [3.8, 4) is 5.75 Å². The van der Waals surface area contributed by atoms with Crippen LogP contribution < -0.4 is 10.5 Å². The molecule has 3 nitrogen and oxygen atoms in total. The third kappa shape index (κ3) is 2.06. The van der Waals surface area contributed by atoms with Crippen molar-refractivity contribution in [1.29, 1.82) is 0 Å². The number of nitrogens with two attached hydrogens (primary N) is 1. The van der Waals surface area contributed by atoms with Gasteiger partial charge in [0.2, 0.25) is 0 Å². The van der Waals surface area contributed by atoms with E-state index in [4.69, 9.17) is 10.5 Å². The second kappa shape index (κ2) is 4.47. The average Bonchev–Trinajstić information content (AvgIpc) is 2.96. The van der Waals surface area contributed by atoms with Crippen LogP contribution in [-0.2, 0) is 6.42 Å². The van der Waals surface area contributed by atoms with E-state index in [-0.39, 0.29) is 6.04 Å². The number of para-hydroxylation sites is 1. The molecule has 3 rings (SSSR count). The third-order valence-corrected chi connectivity index (χ3v) is 3.98. The molecule has 1 aromatic heterocycles. The van der Waals surface area contributed by atoms with E-state index < -0.39 is 0 Å². The summed E-state index contributed by atoms with van der Waals surface area (Å²) in [6, 6.07) is 8.25. The smallest absolute Gasteiger partial charge is 0.122 e. The van der Waals surface area contributed by atoms with Crippen LogP contribution in [0.1, 0.15) is 16.4 Å². The molecule has 2 heterocycles. The van der Waals surface area contributed by atoms with Crippen molar-refractivity contribution in [2.45, 2.75) is 18.4 Å². The summed E-state index contributed by atoms with van der Waals surface area (Å²) in [7, 11) is 0. The molecule has 0 amide bonds. The first kappa shape index (κ1) is 10.7. The number of aromatic nitrogens is 1. The van der Waals surface area contributed by atoms with Gasteiger partial charge in [-0.2, -0.15) is 0 Å². The van der Waals surface area contributed by atoms with Gasteiger partial charge in [0.05, 0.1) is 12.1 Å². The SMILES string of the molecule is NC(Cc1cncs1)C1COc2ccccc21. The van der Waals surface area contributed by atoms with E-state index in [0.29, 0.717) is 12.5 Å². The standard InChI is InChI=1S/C13H14N2OS/c14-12(5-9-6-15-8-17-9)11-7-16-13-4-2-1-3-10(11)13/h1-4,6,8,11-12H,5,7,14H2. The molecule has 17 heavy (non-hydrogen) atoms. The lowest BCUT2D eigenvalue weighted by atomic mass is 9.92. The minimum Gasteiger partial charge on any atom is -0.493 e. The lowest BCUT2D eigenvalue weighted by molar-refractivity contribution is 0.313. The zero-order valence-electron chi connectivity index (χ0n) is 9.37. The van der Waals surface area contributed by atoms with Gasteiger partial charge in [-0.05, 0) is 12.5 Å². The third-order valence-electron chi connectivity index (χ3n) is 3.17. The van der Waals surface area contributed by atoms with Crippen molar-refractivity contribution in [2.75, 3.05) is 6.61 Å². The summed E-state index contributed by atoms with van der Waals surface area (Å²) >= 11 is 1.66. The van der Waals surface area contributed by atoms with Crippen LogP contribution in [0.25, 0.3) is 0 Å². The molecule has 1 aliphatic rings. The van der Waals surface area contributed by atoms with Crippen molar-refractivity contribution in [3.63, 3.8) is 0 Å². The van der Waals surface area contributed by atoms with Crippen molar-refractivity contribution in [1.82, 2.24) is 4.98 Å². The summed E-state index contributed by atoms with van der Waals surface area (Å²) in [6.07, 6.45) is 2.76. The molecule has 1 aliphatic heterocycles. The molecule has 0 saturated heterocycles. The highest BCUT2D eigenvalue weighted by molar-refractivity contribution is 7.09. The first-order chi connectivity index (χ1) is 8.34. The van der Waals surface area contributed by atoms with Crippen LogP contribution >= 0.6 is 11.3 Å². The van der Waals surface area contributed by atoms with E-state index in [9.17, 15) is 0 Å². The summed E-state index contributed by atoms with van der Waals surface area (Å²) in [6.45, 7) is 0.694. The van der Waals surface area contributed by atoms with Gasteiger partial charge in [0.1, 0.15) is 5.75 Å². The van der Waals surface area contributed by atoms with Crippen LogP contribution in [0.2, 0.25) is 0 Å². The van der Waals surface area contributed by atoms with Gasteiger partial charge in [0.15, 0.2) is 0 Å². The maximum Gasteiger partial charge on any atom is 0.122 e. The zero-order valence-corrected chi connectivity index (χ0v) is 10.2. The van der Waals surface area contributed by atoms with Crippen molar-refractivity contribution in [2.24, 2.45) is 5.73 Å². The summed E-state index contributed by atoms with van der Waals surface area (Å²) in [5.41, 5.74) is 9.37. The Morgan fingerprint density at radius 3 is 3.18 bits per heavy atom. The topological polar surface area (TPSA) is 48.1 Å². The highest BCUT2D eigenvalue weighted by Gasteiger charge is 2.29. The molecule has 4 heteroatoms. The van der Waals surface area contributed by atoms with Gasteiger partial charge in [0.25, 0.3) is 0 Å². The van der Waals surface area contributed by atoms with Crippen LogP contribution in [0.15, 0.2) is 36.0 Å². The van der Waals surface area contributed by atoms with Crippen LogP contribution in [-0.4, -0.2) is 17.6 Å². The Bertz CT molecular complexity index is 498. The van der Waals surface area contributed by atoms with Crippen LogP contribution in [0.4, 0.5) is 0 Å². The number of thiazole rings is 1. The summed E-state index contributed by atoms with van der Waals surface area (Å²) in [5, 5.41) is 0. The Balaban J connectivity index is 1.78. The van der Waals surface area contributed by atoms with E-state index in [1.807, 2.05) is 29.9 Å². The molecule has 0 radical (unpaired) electrons. The molecule has 2 N–H and O–H groups in total. The number of hydrogen-bond donors (Lipinski definition) is 1. The van der Waals surface area contributed by atoms with E-state index >= 15 is 0 Å². The van der Waals surface area contributed by atoms with Crippen molar-refractivity contribution >= 4 is 11.3 Å². The minimum absolute atomic E-state index is 0.0964. The van der Waals surface area contributed by atoms with E-state index in [1.165, 1.54) is 10.4 Å². The Kier molecular flexibility index (Phi) is 2.82. The van der Waals surface area contributed by atoms with E-state index in [2.05, 4.69) is 11.1 Å². The van der Waals surface area contributed by atoms with E-state index in [1.54, 1.807) is 11.3 Å². The summed E-state index contributed by atoms with van der Waals surface area (Å²) in [5.74, 6) is 1.28. The number of ether oxygens (including phenoxy) is 1. The van der Waals surface area contributed by atoms with Gasteiger partial charge < -0.3 is 10.5 Å². The summed E-state index contributed by atoms with van der Waals surface area (Å²) in [4.78, 5) is 5.32. The fourth-order valence-electron chi connectivity index (χ4n) is 2.26. The largest absolute Gasteiger partial charge is 0.493 e. The Morgan fingerprint density at radius 1 is 1.47 bits per heavy atom. The fourth-order valence-corrected chi connectivity index (χ4v) is 2.93. The minimum atomic E-state index is 0.0964. The maximum atomic E-state index is 6.28. The maximum absolute atomic E-state index is 6.28. The zero-order chi connectivity index (χ0) is 11.7. The van der Waals surface area contributed by atoms with Crippen molar-refractivity contribution in [3.05, 3.63) is 46.4 Å². The molecule has 2 unspecified atom stereocenters. The van der Waals surface area contributed by atoms with Crippen molar-refractivity contribution < 1.29 is 4.74 Å². The van der Waals surface area contributed by atoms with Gasteiger partial charge >= 0.3 is 0 Å². The second-order valence-corrected chi connectivity index (χ2v) is 5.26. The molecule has 0 fully saturated rings. The molecule has 1 aromatic carbocycles. The molecule has 2 aromatic rings. The number of benzene rings is 1. The lowest BCUT2D eigenvalue weighted by Gasteiger charge is -2.17. The van der Waals surface area contributed by atoms with Crippen LogP contribution in [0, 0.1) is 0 Å². The number of nitrogens with zero attached hydrogens (tertiary/aromatic N) is 1. The predicted molar refractivity (Wildman–Crippen MR) is 68.5 cm³/mol. The summed E-state index contributed by atoms with van der Waals surface area (Å²) < 4.78 is 5.66. The molecular formula is C13H14N2OS. The molecule has 0 aliphatic carbocycles. The Labute approximate surface area is 104 Å². The second-order valence-electron chi connectivity index (χ2n) is 4.29. The molecule has 2 atom stereocenters. The van der Waals surface area contributed by atoms with E-state index in [0.717, 1.165) is 12.2 Å². The Morgan fingerprint density at radius 2 is 2.35 bits per heavy atom. The van der Waals surface area contributed by atoms with Gasteiger partial charge in [-0.3, -0.25) is 4.98 Å². The molecule has 0 bridgehead atoms. The fraction of sp³-hybridized carbons (Fsp3) is 0.308. The molecular weight excluding hydrogens is 232 g/mol. The first-order valence-corrected chi connectivity index (χ1v) is 6.57. The number of fused-ring (bicyclic) bond motifs is 1. The lowest BCUT2D eigenvalue weighted by Crippen LogP contribution is -2.31. The van der Waals surface area contributed by atoms with Gasteiger partial charge in [-0.15, -0.1) is 11.3 Å². The van der Waals surface area contributed by atoms with Crippen LogP contribution in [0.3, 0.4) is 0 Å². The first-order valence-electron chi connectivity index (χ1n) is 5.69. The molecule has 0 spiro atoms. The Hall–Kier alpha value is -1.39. The van der Waals surface area contributed by atoms with Gasteiger partial charge in [0, 0.05) is 28.6 Å². The average molecular weight is 246 g/mol. The van der Waals surface area contributed by atoms with Gasteiger partial charge in [-0.25, -0.2) is 0 Å². The van der Waals surface area contributed by atoms with Gasteiger partial charge in [-0.1, -0.05) is 18.2 Å². The number of rotatable bonds is 3. The molecule has 0 saturated carbocycles. The monoisotopic (exact) mass is 246 g/mol. The highest BCUT2D eigenvalue weighted by atomic mass is 32.1. The number of hydrogen-bond acceptors (Lipinski definition) is 4. The normalized spacial score (nSPS) is 19.7. The molecule has 88 valence electrons. The predicted octanol–water partition coefficient (Wildman–Crippen LogP) is 2.19. The quantitative estimate of drug-likeness (QED) is 0.903. The highest BCUT2D eigenvalue weighted by Crippen LogP contribution is 2.35.